The summed E-state index contributed by atoms with van der Waals surface area (Å²) in [7, 11) is 3.25. The van der Waals surface area contributed by atoms with E-state index in [1.165, 1.54) is 0 Å². The third kappa shape index (κ3) is 7.94. The first-order valence-corrected chi connectivity index (χ1v) is 11.6. The number of hydrogen-bond acceptors (Lipinski definition) is 5. The summed E-state index contributed by atoms with van der Waals surface area (Å²) >= 11 is 8.42. The first-order valence-electron chi connectivity index (χ1n) is 7.33. The minimum atomic E-state index is -1.02. The molecule has 1 unspecified atom stereocenters. The lowest BCUT2D eigenvalue weighted by atomic mass is 10.1. The highest BCUT2D eigenvalue weighted by atomic mass is 127. The van der Waals surface area contributed by atoms with Crippen LogP contribution >= 0.6 is 90.4 Å². The summed E-state index contributed by atoms with van der Waals surface area (Å²) in [6, 6.07) is 6.34. The molecule has 0 aliphatic heterocycles. The maximum atomic E-state index is 10.9. The Labute approximate surface area is 212 Å². The smallest absolute Gasteiger partial charge is 0.320 e. The number of carbonyl (C=O) groups is 1. The molecule has 6 nitrogen and oxygen atoms in total. The van der Waals surface area contributed by atoms with Gasteiger partial charge in [-0.1, -0.05) is 0 Å². The van der Waals surface area contributed by atoms with Gasteiger partial charge in [-0.25, -0.2) is 0 Å². The lowest BCUT2D eigenvalue weighted by molar-refractivity contribution is -0.138. The van der Waals surface area contributed by atoms with Crippen LogP contribution in [0, 0.1) is 14.3 Å². The molecule has 2 aromatic rings. The van der Waals surface area contributed by atoms with Gasteiger partial charge in [0.05, 0.1) is 14.3 Å². The van der Waals surface area contributed by atoms with Gasteiger partial charge in [0, 0.05) is 14.2 Å². The second-order valence-corrected chi connectivity index (χ2v) is 9.93. The third-order valence-electron chi connectivity index (χ3n) is 3.04. The van der Waals surface area contributed by atoms with Crippen molar-refractivity contribution in [3.05, 3.63) is 44.1 Å². The second-order valence-electron chi connectivity index (χ2n) is 5.28. The summed E-state index contributed by atoms with van der Waals surface area (Å²) in [5.74, 6) is 0.549. The molecule has 4 N–H and O–H groups in total. The Morgan fingerprint density at radius 3 is 1.89 bits per heavy atom. The molecule has 0 saturated heterocycles. The molecule has 10 heteroatoms. The van der Waals surface area contributed by atoms with Crippen LogP contribution in [-0.4, -0.2) is 36.4 Å². The topological polar surface area (TPSA) is 102 Å². The highest BCUT2D eigenvalue weighted by molar-refractivity contribution is 14.1. The standard InChI is InChI=1S/C15H11I4NO4.C2H6O/c16-8-4-7(5-9(17)13(8)21)24-14-10(18)1-6(2-11(14)19)3-12(20)15(22)23;1-3-2/h1-2,4-5,12,21H,3,20H2,(H,22,23);1-2H3. The number of rotatable bonds is 5. The van der Waals surface area contributed by atoms with Crippen LogP contribution in [0.2, 0.25) is 0 Å². The highest BCUT2D eigenvalue weighted by Gasteiger charge is 2.16. The molecule has 0 spiro atoms. The van der Waals surface area contributed by atoms with E-state index in [1.54, 1.807) is 26.4 Å². The third-order valence-corrected chi connectivity index (χ3v) is 6.29. The van der Waals surface area contributed by atoms with Crippen LogP contribution in [0.25, 0.3) is 0 Å². The molecule has 0 aromatic heterocycles. The monoisotopic (exact) mass is 823 g/mol. The number of nitrogens with two attached hydrogens (primary N) is 1. The number of aromatic hydroxyl groups is 1. The first kappa shape index (κ1) is 25.4. The van der Waals surface area contributed by atoms with Crippen LogP contribution in [0.15, 0.2) is 24.3 Å². The number of halogens is 4. The highest BCUT2D eigenvalue weighted by Crippen LogP contribution is 2.36. The lowest BCUT2D eigenvalue weighted by Gasteiger charge is -2.14. The molecule has 0 aliphatic rings. The fourth-order valence-corrected chi connectivity index (χ4v) is 5.72. The zero-order valence-electron chi connectivity index (χ0n) is 14.3. The Bertz CT molecular complexity index is 770. The van der Waals surface area contributed by atoms with Crippen molar-refractivity contribution in [1.82, 2.24) is 0 Å². The van der Waals surface area contributed by atoms with Gasteiger partial charge in [0.25, 0.3) is 0 Å². The molecule has 0 aliphatic carbocycles. The SMILES string of the molecule is COC.NC(Cc1cc(I)c(Oc2cc(I)c(O)c(I)c2)c(I)c1)C(=O)O. The molecule has 2 aromatic carbocycles. The Hall–Kier alpha value is 0.350. The van der Waals surface area contributed by atoms with Gasteiger partial charge in [-0.2, -0.15) is 0 Å². The molecule has 0 fully saturated rings. The van der Waals surface area contributed by atoms with Crippen molar-refractivity contribution in [2.75, 3.05) is 14.2 Å². The van der Waals surface area contributed by atoms with Crippen molar-refractivity contribution in [3.8, 4) is 17.2 Å². The number of phenolic OH excluding ortho intramolecular Hbond substituents is 1. The first-order chi connectivity index (χ1) is 12.6. The van der Waals surface area contributed by atoms with Crippen molar-refractivity contribution in [2.24, 2.45) is 5.73 Å². The summed E-state index contributed by atoms with van der Waals surface area (Å²) in [4.78, 5) is 10.9. The molecule has 0 saturated carbocycles. The maximum absolute atomic E-state index is 10.9. The van der Waals surface area contributed by atoms with Crippen LogP contribution in [0.1, 0.15) is 5.56 Å². The van der Waals surface area contributed by atoms with Crippen LogP contribution in [0.4, 0.5) is 0 Å². The predicted octanol–water partition coefficient (Wildman–Crippen LogP) is 4.82. The summed E-state index contributed by atoms with van der Waals surface area (Å²) < 4.78 is 13.4. The van der Waals surface area contributed by atoms with Gasteiger partial charge in [0.1, 0.15) is 17.5 Å². The van der Waals surface area contributed by atoms with E-state index in [0.717, 1.165) is 12.7 Å². The molecule has 2 rings (SSSR count). The van der Waals surface area contributed by atoms with Gasteiger partial charge in [-0.15, -0.1) is 0 Å². The van der Waals surface area contributed by atoms with Gasteiger partial charge >= 0.3 is 5.97 Å². The van der Waals surface area contributed by atoms with E-state index in [9.17, 15) is 9.90 Å². The Kier molecular flexibility index (Phi) is 11.4. The molecule has 0 amide bonds. The zero-order chi connectivity index (χ0) is 20.7. The summed E-state index contributed by atoms with van der Waals surface area (Å²) in [5.41, 5.74) is 6.44. The normalized spacial score (nSPS) is 11.4. The Morgan fingerprint density at radius 1 is 1.04 bits per heavy atom. The van der Waals surface area contributed by atoms with Crippen molar-refractivity contribution in [1.29, 1.82) is 0 Å². The Morgan fingerprint density at radius 2 is 1.48 bits per heavy atom. The molecule has 148 valence electrons. The number of ether oxygens (including phenoxy) is 2. The largest absolute Gasteiger partial charge is 0.506 e. The average molecular weight is 823 g/mol. The van der Waals surface area contributed by atoms with Crippen molar-refractivity contribution in [2.45, 2.75) is 12.5 Å². The minimum Gasteiger partial charge on any atom is -0.506 e. The molecule has 1 atom stereocenters. The number of aliphatic carboxylic acids is 1. The van der Waals surface area contributed by atoms with E-state index in [-0.39, 0.29) is 12.2 Å². The van der Waals surface area contributed by atoms with Gasteiger partial charge < -0.3 is 25.4 Å². The second kappa shape index (κ2) is 12.1. The summed E-state index contributed by atoms with van der Waals surface area (Å²) in [6.07, 6.45) is 0.261. The molecular weight excluding hydrogens is 806 g/mol. The van der Waals surface area contributed by atoms with Gasteiger partial charge in [0.2, 0.25) is 0 Å². The van der Waals surface area contributed by atoms with Crippen molar-refractivity contribution in [3.63, 3.8) is 0 Å². The fraction of sp³-hybridized carbons (Fsp3) is 0.235. The van der Waals surface area contributed by atoms with Crippen molar-refractivity contribution < 1.29 is 24.5 Å². The maximum Gasteiger partial charge on any atom is 0.320 e. The lowest BCUT2D eigenvalue weighted by Crippen LogP contribution is -2.32. The number of phenols is 1. The van der Waals surface area contributed by atoms with Gasteiger partial charge in [-0.05, 0) is 127 Å². The van der Waals surface area contributed by atoms with E-state index in [2.05, 4.69) is 95.1 Å². The van der Waals surface area contributed by atoms with E-state index in [1.807, 2.05) is 12.1 Å². The quantitative estimate of drug-likeness (QED) is 0.375. The zero-order valence-corrected chi connectivity index (χ0v) is 22.9. The number of carboxylic acids is 1. The molecule has 0 radical (unpaired) electrons. The van der Waals surface area contributed by atoms with E-state index in [4.69, 9.17) is 15.6 Å². The van der Waals surface area contributed by atoms with E-state index >= 15 is 0 Å². The van der Waals surface area contributed by atoms with Crippen LogP contribution < -0.4 is 10.5 Å². The van der Waals surface area contributed by atoms with Crippen LogP contribution in [0.5, 0.6) is 17.2 Å². The van der Waals surface area contributed by atoms with Crippen molar-refractivity contribution >= 4 is 96.3 Å². The van der Waals surface area contributed by atoms with Crippen LogP contribution in [-0.2, 0) is 16.0 Å². The number of carboxylic acid groups (broad SMARTS) is 1. The number of hydrogen-bond donors (Lipinski definition) is 3. The van der Waals surface area contributed by atoms with E-state index in [0.29, 0.717) is 18.6 Å². The number of benzene rings is 2. The van der Waals surface area contributed by atoms with Gasteiger partial charge in [-0.3, -0.25) is 4.79 Å². The molecule has 0 bridgehead atoms. The minimum absolute atomic E-state index is 0.242. The number of methoxy groups -OCH3 is 1. The molecule has 27 heavy (non-hydrogen) atoms. The predicted molar refractivity (Wildman–Crippen MR) is 138 cm³/mol. The van der Waals surface area contributed by atoms with E-state index < -0.39 is 12.0 Å². The van der Waals surface area contributed by atoms with Gasteiger partial charge in [0.15, 0.2) is 5.75 Å². The summed E-state index contributed by atoms with van der Waals surface area (Å²) in [5, 5.41) is 18.8. The molecule has 0 heterocycles. The summed E-state index contributed by atoms with van der Waals surface area (Å²) in [6.45, 7) is 0. The molecular formula is C17H17I4NO5. The average Bonchev–Trinajstić information content (AvgIpc) is 2.56. The van der Waals surface area contributed by atoms with Crippen LogP contribution in [0.3, 0.4) is 0 Å². The fourth-order valence-electron chi connectivity index (χ4n) is 1.89. The Balaban J connectivity index is 0.00000114.